The number of rotatable bonds is 10. The highest BCUT2D eigenvalue weighted by Gasteiger charge is 2.18. The lowest BCUT2D eigenvalue weighted by atomic mass is 10.1. The lowest BCUT2D eigenvalue weighted by Gasteiger charge is -2.30. The summed E-state index contributed by atoms with van der Waals surface area (Å²) in [4.78, 5) is 25.8. The maximum atomic E-state index is 13.0. The molecule has 1 fully saturated rings. The van der Waals surface area contributed by atoms with E-state index in [4.69, 9.17) is 9.47 Å². The van der Waals surface area contributed by atoms with E-state index >= 15 is 0 Å². The van der Waals surface area contributed by atoms with Gasteiger partial charge < -0.3 is 24.8 Å². The number of ether oxygens (including phenoxy) is 2. The number of nitrogens with zero attached hydrogens (tertiary/aromatic N) is 4. The molecule has 9 heteroatoms. The minimum absolute atomic E-state index is 0.0711. The molecule has 0 radical (unpaired) electrons. The van der Waals surface area contributed by atoms with Gasteiger partial charge in [0.25, 0.3) is 5.91 Å². The van der Waals surface area contributed by atoms with Crippen LogP contribution in [0.2, 0.25) is 0 Å². The predicted molar refractivity (Wildman–Crippen MR) is 134 cm³/mol. The van der Waals surface area contributed by atoms with E-state index in [1.807, 2.05) is 36.4 Å². The quantitative estimate of drug-likeness (QED) is 0.460. The molecule has 2 aromatic carbocycles. The topological polar surface area (TPSA) is 100 Å². The molecule has 1 amide bonds. The van der Waals surface area contributed by atoms with E-state index in [1.165, 1.54) is 0 Å². The normalized spacial score (nSPS) is 13.9. The number of aliphatic hydroxyl groups excluding tert-OH is 1. The molecule has 9 nitrogen and oxygen atoms in total. The van der Waals surface area contributed by atoms with Gasteiger partial charge in [-0.2, -0.15) is 0 Å². The van der Waals surface area contributed by atoms with Crippen molar-refractivity contribution in [2.75, 3.05) is 65.0 Å². The van der Waals surface area contributed by atoms with Crippen LogP contribution in [-0.4, -0.2) is 90.4 Å². The molecule has 3 aromatic rings. The summed E-state index contributed by atoms with van der Waals surface area (Å²) in [5, 5.41) is 12.6. The number of aromatic nitrogens is 2. The van der Waals surface area contributed by atoms with E-state index in [9.17, 15) is 9.90 Å². The van der Waals surface area contributed by atoms with Gasteiger partial charge in [0.1, 0.15) is 5.75 Å². The zero-order valence-corrected chi connectivity index (χ0v) is 19.9. The van der Waals surface area contributed by atoms with Gasteiger partial charge in [-0.15, -0.1) is 0 Å². The molecular weight excluding hydrogens is 446 g/mol. The van der Waals surface area contributed by atoms with E-state index < -0.39 is 0 Å². The average Bonchev–Trinajstić information content (AvgIpc) is 2.92. The monoisotopic (exact) mass is 477 g/mol. The molecule has 0 unspecified atom stereocenters. The minimum atomic E-state index is -0.0982. The van der Waals surface area contributed by atoms with Crippen LogP contribution in [0.4, 0.5) is 11.6 Å². The van der Waals surface area contributed by atoms with Gasteiger partial charge in [0.15, 0.2) is 0 Å². The second-order valence-corrected chi connectivity index (χ2v) is 8.20. The SMILES string of the molecule is COc1ccc(-c2cnc(Nc3ccc(C(=O)N(CCO)CCN4CCOCC4)cc3)nc2)cc1. The molecule has 0 atom stereocenters. The summed E-state index contributed by atoms with van der Waals surface area (Å²) in [5.41, 5.74) is 3.25. The molecule has 1 saturated heterocycles. The number of benzene rings is 2. The lowest BCUT2D eigenvalue weighted by molar-refractivity contribution is 0.0315. The highest BCUT2D eigenvalue weighted by molar-refractivity contribution is 5.94. The molecule has 4 rings (SSSR count). The number of morpholine rings is 1. The number of methoxy groups -OCH3 is 1. The van der Waals surface area contributed by atoms with E-state index in [0.717, 1.165) is 55.4 Å². The van der Waals surface area contributed by atoms with E-state index in [0.29, 0.717) is 24.6 Å². The Morgan fingerprint density at radius 2 is 1.71 bits per heavy atom. The minimum Gasteiger partial charge on any atom is -0.497 e. The first kappa shape index (κ1) is 24.6. The Kier molecular flexibility index (Phi) is 8.61. The molecule has 1 aromatic heterocycles. The number of hydrogen-bond donors (Lipinski definition) is 2. The summed E-state index contributed by atoms with van der Waals surface area (Å²) >= 11 is 0. The summed E-state index contributed by atoms with van der Waals surface area (Å²) in [7, 11) is 1.64. The van der Waals surface area contributed by atoms with Crippen LogP contribution >= 0.6 is 0 Å². The molecule has 0 saturated carbocycles. The zero-order valence-electron chi connectivity index (χ0n) is 19.9. The van der Waals surface area contributed by atoms with Crippen molar-refractivity contribution in [3.05, 3.63) is 66.5 Å². The van der Waals surface area contributed by atoms with Crippen molar-refractivity contribution >= 4 is 17.5 Å². The van der Waals surface area contributed by atoms with Crippen LogP contribution < -0.4 is 10.1 Å². The van der Waals surface area contributed by atoms with Crippen LogP contribution in [0.1, 0.15) is 10.4 Å². The molecule has 0 bridgehead atoms. The largest absolute Gasteiger partial charge is 0.497 e. The smallest absolute Gasteiger partial charge is 0.253 e. The Bertz CT molecular complexity index is 1070. The van der Waals surface area contributed by atoms with Crippen molar-refractivity contribution in [1.82, 2.24) is 19.8 Å². The van der Waals surface area contributed by atoms with Crippen LogP contribution in [0.25, 0.3) is 11.1 Å². The predicted octanol–water partition coefficient (Wildman–Crippen LogP) is 2.66. The number of carbonyl (C=O) groups is 1. The number of nitrogens with one attached hydrogen (secondary N) is 1. The summed E-state index contributed by atoms with van der Waals surface area (Å²) in [6.07, 6.45) is 3.52. The summed E-state index contributed by atoms with van der Waals surface area (Å²) in [5.74, 6) is 1.17. The van der Waals surface area contributed by atoms with E-state index in [1.54, 1.807) is 36.5 Å². The van der Waals surface area contributed by atoms with Gasteiger partial charge in [0.2, 0.25) is 5.95 Å². The van der Waals surface area contributed by atoms with Crippen LogP contribution in [0, 0.1) is 0 Å². The number of anilines is 2. The van der Waals surface area contributed by atoms with Crippen molar-refractivity contribution < 1.29 is 19.4 Å². The Hall–Kier alpha value is -3.53. The fourth-order valence-corrected chi connectivity index (χ4v) is 3.86. The molecule has 35 heavy (non-hydrogen) atoms. The average molecular weight is 478 g/mol. The fourth-order valence-electron chi connectivity index (χ4n) is 3.86. The van der Waals surface area contributed by atoms with Crippen molar-refractivity contribution in [2.45, 2.75) is 0 Å². The van der Waals surface area contributed by atoms with Crippen molar-refractivity contribution in [3.8, 4) is 16.9 Å². The third-order valence-corrected chi connectivity index (χ3v) is 5.91. The highest BCUT2D eigenvalue weighted by Crippen LogP contribution is 2.22. The van der Waals surface area contributed by atoms with Crippen LogP contribution in [-0.2, 0) is 4.74 Å². The molecule has 2 heterocycles. The Morgan fingerprint density at radius 3 is 2.34 bits per heavy atom. The van der Waals surface area contributed by atoms with Crippen molar-refractivity contribution in [2.24, 2.45) is 0 Å². The summed E-state index contributed by atoms with van der Waals surface area (Å²) in [6.45, 7) is 4.73. The molecule has 0 aliphatic carbocycles. The number of hydrogen-bond acceptors (Lipinski definition) is 8. The molecule has 2 N–H and O–H groups in total. The molecule has 1 aliphatic heterocycles. The number of amides is 1. The zero-order chi connectivity index (χ0) is 24.5. The van der Waals surface area contributed by atoms with Gasteiger partial charge in [-0.05, 0) is 42.0 Å². The molecule has 184 valence electrons. The summed E-state index contributed by atoms with van der Waals surface area (Å²) < 4.78 is 10.6. The van der Waals surface area contributed by atoms with Crippen molar-refractivity contribution in [3.63, 3.8) is 0 Å². The second-order valence-electron chi connectivity index (χ2n) is 8.20. The molecular formula is C26H31N5O4. The van der Waals surface area contributed by atoms with Crippen molar-refractivity contribution in [1.29, 1.82) is 0 Å². The fraction of sp³-hybridized carbons (Fsp3) is 0.346. The second kappa shape index (κ2) is 12.3. The molecule has 0 spiro atoms. The Morgan fingerprint density at radius 1 is 1.03 bits per heavy atom. The number of aliphatic hydroxyl groups is 1. The number of carbonyl (C=O) groups excluding carboxylic acids is 1. The first-order chi connectivity index (χ1) is 17.2. The Labute approximate surface area is 205 Å². The van der Waals surface area contributed by atoms with Gasteiger partial charge in [-0.3, -0.25) is 9.69 Å². The third kappa shape index (κ3) is 6.75. The Balaban J connectivity index is 1.35. The van der Waals surface area contributed by atoms with E-state index in [-0.39, 0.29) is 12.5 Å². The maximum absolute atomic E-state index is 13.0. The first-order valence-electron chi connectivity index (χ1n) is 11.7. The van der Waals surface area contributed by atoms with Gasteiger partial charge in [-0.1, -0.05) is 12.1 Å². The first-order valence-corrected chi connectivity index (χ1v) is 11.7. The standard InChI is InChI=1S/C26H31N5O4/c1-34-24-8-4-20(5-9-24)22-18-27-26(28-19-22)29-23-6-2-21(3-7-23)25(33)31(12-15-32)11-10-30-13-16-35-17-14-30/h2-9,18-19,32H,10-17H2,1H3,(H,27,28,29). The highest BCUT2D eigenvalue weighted by atomic mass is 16.5. The van der Waals surface area contributed by atoms with Gasteiger partial charge in [0.05, 0.1) is 26.9 Å². The molecule has 1 aliphatic rings. The third-order valence-electron chi connectivity index (χ3n) is 5.91. The van der Waals surface area contributed by atoms with Gasteiger partial charge in [-0.25, -0.2) is 9.97 Å². The van der Waals surface area contributed by atoms with E-state index in [2.05, 4.69) is 20.2 Å². The van der Waals surface area contributed by atoms with Gasteiger partial charge in [0, 0.05) is 61.9 Å². The lowest BCUT2D eigenvalue weighted by Crippen LogP contribution is -2.43. The van der Waals surface area contributed by atoms with Crippen LogP contribution in [0.3, 0.4) is 0 Å². The maximum Gasteiger partial charge on any atom is 0.253 e. The van der Waals surface area contributed by atoms with Crippen LogP contribution in [0.5, 0.6) is 5.75 Å². The summed E-state index contributed by atoms with van der Waals surface area (Å²) in [6, 6.07) is 14.9. The van der Waals surface area contributed by atoms with Crippen LogP contribution in [0.15, 0.2) is 60.9 Å². The van der Waals surface area contributed by atoms with Gasteiger partial charge >= 0.3 is 0 Å².